The number of benzene rings is 2. The van der Waals surface area contributed by atoms with Crippen molar-refractivity contribution in [2.75, 3.05) is 4.72 Å². The van der Waals surface area contributed by atoms with E-state index in [1.165, 1.54) is 16.7 Å². The zero-order valence-corrected chi connectivity index (χ0v) is 13.3. The lowest BCUT2D eigenvalue weighted by Gasteiger charge is -2.09. The smallest absolute Gasteiger partial charge is 0.302 e. The van der Waals surface area contributed by atoms with Gasteiger partial charge in [0.25, 0.3) is 10.0 Å². The number of fused-ring (bicyclic) bond motifs is 1. The van der Waals surface area contributed by atoms with Crippen molar-refractivity contribution in [3.63, 3.8) is 0 Å². The van der Waals surface area contributed by atoms with Gasteiger partial charge in [-0.3, -0.25) is 9.52 Å². The summed E-state index contributed by atoms with van der Waals surface area (Å²) >= 11 is 1.04. The van der Waals surface area contributed by atoms with E-state index in [2.05, 4.69) is 4.72 Å². The third-order valence-electron chi connectivity index (χ3n) is 3.19. The lowest BCUT2D eigenvalue weighted by molar-refractivity contribution is 0.568. The van der Waals surface area contributed by atoms with Gasteiger partial charge in [0.05, 0.1) is 20.8 Å². The molecule has 0 aliphatic heterocycles. The molecule has 120 valence electrons. The third kappa shape index (κ3) is 2.97. The van der Waals surface area contributed by atoms with Crippen LogP contribution >= 0.6 is 11.3 Å². The van der Waals surface area contributed by atoms with Crippen LogP contribution in [0.15, 0.2) is 46.1 Å². The van der Waals surface area contributed by atoms with E-state index in [-0.39, 0.29) is 10.6 Å². The van der Waals surface area contributed by atoms with E-state index in [1.54, 1.807) is 13.1 Å². The van der Waals surface area contributed by atoms with Gasteiger partial charge in [-0.15, -0.1) is 0 Å². The summed E-state index contributed by atoms with van der Waals surface area (Å²) in [5, 5.41) is 0. The first-order valence-corrected chi connectivity index (χ1v) is 8.65. The van der Waals surface area contributed by atoms with Crippen LogP contribution in [0.5, 0.6) is 0 Å². The largest absolute Gasteiger partial charge is 0.307 e. The predicted octanol–water partition coefficient (Wildman–Crippen LogP) is 2.68. The van der Waals surface area contributed by atoms with Crippen molar-refractivity contribution in [1.29, 1.82) is 0 Å². The minimum absolute atomic E-state index is 0.174. The second-order valence-electron chi connectivity index (χ2n) is 4.82. The summed E-state index contributed by atoms with van der Waals surface area (Å²) in [6.07, 6.45) is 0. The lowest BCUT2D eigenvalue weighted by atomic mass is 10.3. The monoisotopic (exact) mass is 356 g/mol. The number of nitrogens with zero attached hydrogens (tertiary/aromatic N) is 1. The molecular formula is C14H10F2N2O3S2. The number of nitrogens with one attached hydrogen (secondary N) is 1. The standard InChI is InChI=1S/C14H10F2N2O3S2/c1-18-12-7-10(2-3-13(12)22-14(18)19)17-23(20,21)11-5-8(15)4-9(16)6-11/h2-7,17H,1H3. The quantitative estimate of drug-likeness (QED) is 0.784. The van der Waals surface area contributed by atoms with Crippen LogP contribution in [0, 0.1) is 11.6 Å². The van der Waals surface area contributed by atoms with Gasteiger partial charge in [0, 0.05) is 13.1 Å². The van der Waals surface area contributed by atoms with Gasteiger partial charge in [0.15, 0.2) is 0 Å². The Balaban J connectivity index is 2.03. The maximum Gasteiger partial charge on any atom is 0.307 e. The van der Waals surface area contributed by atoms with Gasteiger partial charge in [-0.2, -0.15) is 0 Å². The number of sulfonamides is 1. The van der Waals surface area contributed by atoms with E-state index >= 15 is 0 Å². The van der Waals surface area contributed by atoms with E-state index in [0.29, 0.717) is 16.3 Å². The maximum absolute atomic E-state index is 13.2. The highest BCUT2D eigenvalue weighted by Gasteiger charge is 2.17. The molecule has 3 rings (SSSR count). The van der Waals surface area contributed by atoms with Crippen molar-refractivity contribution in [2.45, 2.75) is 4.90 Å². The summed E-state index contributed by atoms with van der Waals surface area (Å²) in [7, 11) is -2.58. The molecule has 0 spiro atoms. The van der Waals surface area contributed by atoms with Crippen LogP contribution in [-0.2, 0) is 17.1 Å². The van der Waals surface area contributed by atoms with Crippen LogP contribution in [0.2, 0.25) is 0 Å². The summed E-state index contributed by atoms with van der Waals surface area (Å²) in [6.45, 7) is 0. The second kappa shape index (κ2) is 5.43. The summed E-state index contributed by atoms with van der Waals surface area (Å²) in [4.78, 5) is 10.9. The molecule has 9 heteroatoms. The number of aromatic nitrogens is 1. The number of thiazole rings is 1. The molecule has 0 saturated carbocycles. The molecule has 1 heterocycles. The first-order chi connectivity index (χ1) is 10.8. The Bertz CT molecular complexity index is 1050. The number of halogens is 2. The van der Waals surface area contributed by atoms with Crippen LogP contribution in [-0.4, -0.2) is 13.0 Å². The normalized spacial score (nSPS) is 11.8. The average Bonchev–Trinajstić information content (AvgIpc) is 2.73. The highest BCUT2D eigenvalue weighted by molar-refractivity contribution is 7.92. The number of hydrogen-bond donors (Lipinski definition) is 1. The topological polar surface area (TPSA) is 68.2 Å². The zero-order valence-electron chi connectivity index (χ0n) is 11.7. The molecule has 0 unspecified atom stereocenters. The Morgan fingerprint density at radius 1 is 1.09 bits per heavy atom. The Morgan fingerprint density at radius 2 is 1.74 bits per heavy atom. The van der Waals surface area contributed by atoms with Crippen molar-refractivity contribution >= 4 is 37.3 Å². The molecule has 0 saturated heterocycles. The number of rotatable bonds is 3. The number of aryl methyl sites for hydroxylation is 1. The van der Waals surface area contributed by atoms with Crippen LogP contribution in [0.3, 0.4) is 0 Å². The number of hydrogen-bond acceptors (Lipinski definition) is 4. The van der Waals surface area contributed by atoms with Crippen LogP contribution in [0.25, 0.3) is 10.2 Å². The fourth-order valence-corrected chi connectivity index (χ4v) is 4.04. The lowest BCUT2D eigenvalue weighted by Crippen LogP contribution is -2.13. The fraction of sp³-hybridized carbons (Fsp3) is 0.0714. The highest BCUT2D eigenvalue weighted by Crippen LogP contribution is 2.23. The molecule has 3 aromatic rings. The molecule has 2 aromatic carbocycles. The second-order valence-corrected chi connectivity index (χ2v) is 7.50. The van der Waals surface area contributed by atoms with Crippen molar-refractivity contribution in [3.05, 3.63) is 57.7 Å². The molecular weight excluding hydrogens is 346 g/mol. The molecule has 1 N–H and O–H groups in total. The summed E-state index contributed by atoms with van der Waals surface area (Å²) in [5.74, 6) is -1.97. The van der Waals surface area contributed by atoms with Gasteiger partial charge in [0.1, 0.15) is 11.6 Å². The first-order valence-electron chi connectivity index (χ1n) is 6.35. The average molecular weight is 356 g/mol. The molecule has 0 aliphatic rings. The molecule has 23 heavy (non-hydrogen) atoms. The highest BCUT2D eigenvalue weighted by atomic mass is 32.2. The van der Waals surface area contributed by atoms with E-state index in [9.17, 15) is 22.0 Å². The Morgan fingerprint density at radius 3 is 2.39 bits per heavy atom. The SMILES string of the molecule is Cn1c(=O)sc2ccc(NS(=O)(=O)c3cc(F)cc(F)c3)cc21. The van der Waals surface area contributed by atoms with E-state index in [0.717, 1.165) is 23.5 Å². The van der Waals surface area contributed by atoms with Crippen molar-refractivity contribution in [2.24, 2.45) is 7.05 Å². The van der Waals surface area contributed by atoms with Crippen LogP contribution in [0.4, 0.5) is 14.5 Å². The van der Waals surface area contributed by atoms with Gasteiger partial charge in [0.2, 0.25) is 0 Å². The van der Waals surface area contributed by atoms with Gasteiger partial charge in [-0.05, 0) is 30.3 Å². The Kier molecular flexibility index (Phi) is 3.69. The minimum Gasteiger partial charge on any atom is -0.302 e. The van der Waals surface area contributed by atoms with Gasteiger partial charge in [-0.1, -0.05) is 11.3 Å². The summed E-state index contributed by atoms with van der Waals surface area (Å²) in [6, 6.07) is 6.61. The molecule has 0 fully saturated rings. The van der Waals surface area contributed by atoms with Crippen molar-refractivity contribution in [1.82, 2.24) is 4.57 Å². The summed E-state index contributed by atoms with van der Waals surface area (Å²) in [5.41, 5.74) is 0.751. The third-order valence-corrected chi connectivity index (χ3v) is 5.56. The fourth-order valence-electron chi connectivity index (χ4n) is 2.09. The molecule has 0 aliphatic carbocycles. The molecule has 0 radical (unpaired) electrons. The number of anilines is 1. The molecule has 1 aromatic heterocycles. The van der Waals surface area contributed by atoms with Crippen LogP contribution < -0.4 is 9.60 Å². The maximum atomic E-state index is 13.2. The van der Waals surface area contributed by atoms with E-state index in [4.69, 9.17) is 0 Å². The van der Waals surface area contributed by atoms with Gasteiger partial charge in [-0.25, -0.2) is 17.2 Å². The van der Waals surface area contributed by atoms with E-state index < -0.39 is 26.6 Å². The Hall–Kier alpha value is -2.26. The van der Waals surface area contributed by atoms with E-state index in [1.807, 2.05) is 0 Å². The molecule has 0 bridgehead atoms. The molecule has 5 nitrogen and oxygen atoms in total. The van der Waals surface area contributed by atoms with Gasteiger partial charge < -0.3 is 4.57 Å². The first kappa shape index (κ1) is 15.6. The Labute approximate surface area is 133 Å². The van der Waals surface area contributed by atoms with Gasteiger partial charge >= 0.3 is 4.87 Å². The summed E-state index contributed by atoms with van der Waals surface area (Å²) < 4.78 is 55.2. The van der Waals surface area contributed by atoms with Crippen molar-refractivity contribution in [3.8, 4) is 0 Å². The zero-order chi connectivity index (χ0) is 16.8. The molecule has 0 amide bonds. The van der Waals surface area contributed by atoms with Crippen LogP contribution in [0.1, 0.15) is 0 Å². The molecule has 0 atom stereocenters. The van der Waals surface area contributed by atoms with Crippen molar-refractivity contribution < 1.29 is 17.2 Å². The minimum atomic E-state index is -4.15. The predicted molar refractivity (Wildman–Crippen MR) is 84.2 cm³/mol.